The van der Waals surface area contributed by atoms with Crippen LogP contribution < -0.4 is 9.47 Å². The number of hydrogen-bond donors (Lipinski definition) is 0. The first-order chi connectivity index (χ1) is 14.4. The lowest BCUT2D eigenvalue weighted by Gasteiger charge is -2.26. The van der Waals surface area contributed by atoms with Crippen LogP contribution in [0, 0.1) is 13.8 Å². The minimum absolute atomic E-state index is 0.0371. The number of benzene rings is 2. The molecule has 0 aliphatic carbocycles. The van der Waals surface area contributed by atoms with E-state index in [2.05, 4.69) is 24.9 Å². The molecule has 0 spiro atoms. The summed E-state index contributed by atoms with van der Waals surface area (Å²) in [6, 6.07) is 13.4. The van der Waals surface area contributed by atoms with Crippen molar-refractivity contribution in [2.45, 2.75) is 46.9 Å². The van der Waals surface area contributed by atoms with Crippen LogP contribution in [0.2, 0.25) is 0 Å². The number of ether oxygens (including phenoxy) is 2. The first-order valence-corrected chi connectivity index (χ1v) is 10.8. The van der Waals surface area contributed by atoms with Crippen LogP contribution in [0.3, 0.4) is 0 Å². The number of hydrogen-bond acceptors (Lipinski definition) is 5. The van der Waals surface area contributed by atoms with E-state index in [4.69, 9.17) is 9.47 Å². The molecule has 0 radical (unpaired) electrons. The maximum Gasteiger partial charge on any atom is 0.254 e. The van der Waals surface area contributed by atoms with Gasteiger partial charge in [0.15, 0.2) is 0 Å². The van der Waals surface area contributed by atoms with Crippen molar-refractivity contribution in [3.8, 4) is 11.5 Å². The number of nitrogens with zero attached hydrogens (tertiary/aromatic N) is 2. The van der Waals surface area contributed by atoms with Crippen molar-refractivity contribution < 1.29 is 14.3 Å². The highest BCUT2D eigenvalue weighted by molar-refractivity contribution is 7.09. The molecule has 0 aliphatic rings. The molecule has 0 unspecified atom stereocenters. The molecule has 1 heterocycles. The first-order valence-electron chi connectivity index (χ1n) is 9.95. The van der Waals surface area contributed by atoms with E-state index in [0.29, 0.717) is 24.5 Å². The third kappa shape index (κ3) is 5.60. The van der Waals surface area contributed by atoms with Crippen molar-refractivity contribution in [2.75, 3.05) is 7.11 Å². The molecule has 0 bridgehead atoms. The van der Waals surface area contributed by atoms with Gasteiger partial charge < -0.3 is 14.4 Å². The lowest BCUT2D eigenvalue weighted by molar-refractivity contribution is 0.0687. The summed E-state index contributed by atoms with van der Waals surface area (Å²) in [4.78, 5) is 19.6. The van der Waals surface area contributed by atoms with Crippen molar-refractivity contribution in [3.05, 3.63) is 75.2 Å². The van der Waals surface area contributed by atoms with Gasteiger partial charge in [0.25, 0.3) is 5.91 Å². The van der Waals surface area contributed by atoms with Crippen molar-refractivity contribution in [2.24, 2.45) is 0 Å². The highest BCUT2D eigenvalue weighted by Crippen LogP contribution is 2.21. The Hall–Kier alpha value is -2.86. The summed E-state index contributed by atoms with van der Waals surface area (Å²) in [5.41, 5.74) is 3.82. The largest absolute Gasteiger partial charge is 0.497 e. The van der Waals surface area contributed by atoms with Crippen molar-refractivity contribution in [3.63, 3.8) is 0 Å². The van der Waals surface area contributed by atoms with Gasteiger partial charge in [-0.3, -0.25) is 4.79 Å². The molecule has 3 aromatic rings. The van der Waals surface area contributed by atoms with Crippen LogP contribution in [-0.4, -0.2) is 28.9 Å². The lowest BCUT2D eigenvalue weighted by Crippen LogP contribution is -2.36. The van der Waals surface area contributed by atoms with Crippen LogP contribution in [0.25, 0.3) is 0 Å². The van der Waals surface area contributed by atoms with E-state index in [1.807, 2.05) is 54.5 Å². The maximum atomic E-state index is 13.1. The van der Waals surface area contributed by atoms with Gasteiger partial charge in [-0.15, -0.1) is 11.3 Å². The van der Waals surface area contributed by atoms with E-state index in [1.165, 1.54) is 11.1 Å². The molecule has 0 fully saturated rings. The predicted molar refractivity (Wildman–Crippen MR) is 120 cm³/mol. The van der Waals surface area contributed by atoms with Gasteiger partial charge in [0.2, 0.25) is 0 Å². The lowest BCUT2D eigenvalue weighted by atomic mass is 10.1. The average Bonchev–Trinajstić information content (AvgIpc) is 3.17. The Morgan fingerprint density at radius 2 is 1.83 bits per heavy atom. The van der Waals surface area contributed by atoms with Crippen molar-refractivity contribution in [1.82, 2.24) is 9.88 Å². The average molecular weight is 425 g/mol. The second-order valence-electron chi connectivity index (χ2n) is 7.60. The van der Waals surface area contributed by atoms with Gasteiger partial charge in [-0.25, -0.2) is 4.98 Å². The summed E-state index contributed by atoms with van der Waals surface area (Å²) in [5.74, 6) is 1.48. The number of thiazole rings is 1. The monoisotopic (exact) mass is 424 g/mol. The molecule has 1 aromatic heterocycles. The molecule has 3 rings (SSSR count). The normalized spacial score (nSPS) is 10.9. The summed E-state index contributed by atoms with van der Waals surface area (Å²) in [5, 5.41) is 2.88. The fourth-order valence-electron chi connectivity index (χ4n) is 3.23. The first kappa shape index (κ1) is 21.8. The van der Waals surface area contributed by atoms with Gasteiger partial charge in [0.05, 0.1) is 19.3 Å². The zero-order valence-electron chi connectivity index (χ0n) is 18.1. The predicted octanol–water partition coefficient (Wildman–Crippen LogP) is 5.40. The summed E-state index contributed by atoms with van der Waals surface area (Å²) in [7, 11) is 1.60. The second-order valence-corrected chi connectivity index (χ2v) is 8.55. The van der Waals surface area contributed by atoms with Crippen molar-refractivity contribution >= 4 is 17.2 Å². The minimum Gasteiger partial charge on any atom is -0.497 e. The van der Waals surface area contributed by atoms with Crippen molar-refractivity contribution in [1.29, 1.82) is 0 Å². The molecular weight excluding hydrogens is 396 g/mol. The molecule has 158 valence electrons. The SMILES string of the molecule is COc1cccc(C(=O)N(Cc2csc(COc3cc(C)cc(C)c3)n2)C(C)C)c1. The van der Waals surface area contributed by atoms with Crippen LogP contribution in [0.5, 0.6) is 11.5 Å². The van der Waals surface area contributed by atoms with E-state index < -0.39 is 0 Å². The smallest absolute Gasteiger partial charge is 0.254 e. The Kier molecular flexibility index (Phi) is 7.11. The van der Waals surface area contributed by atoms with E-state index >= 15 is 0 Å². The minimum atomic E-state index is -0.0371. The standard InChI is InChI=1S/C24H28N2O3S/c1-16(2)26(24(27)19-7-6-8-21(12-19)28-5)13-20-15-30-23(25-20)14-29-22-10-17(3)9-18(4)11-22/h6-12,15-16H,13-14H2,1-5H3. The number of carbonyl (C=O) groups excluding carboxylic acids is 1. The van der Waals surface area contributed by atoms with Gasteiger partial charge in [-0.2, -0.15) is 0 Å². The molecule has 0 saturated carbocycles. The molecule has 30 heavy (non-hydrogen) atoms. The van der Waals surface area contributed by atoms with E-state index in [0.717, 1.165) is 16.5 Å². The molecule has 0 atom stereocenters. The Labute approximate surface area is 182 Å². The summed E-state index contributed by atoms with van der Waals surface area (Å²) < 4.78 is 11.2. The Balaban J connectivity index is 1.68. The van der Waals surface area contributed by atoms with Crippen LogP contribution in [0.1, 0.15) is 46.0 Å². The molecule has 0 aliphatic heterocycles. The van der Waals surface area contributed by atoms with Gasteiger partial charge >= 0.3 is 0 Å². The summed E-state index contributed by atoms with van der Waals surface area (Å²) >= 11 is 1.55. The number of rotatable bonds is 8. The van der Waals surface area contributed by atoms with E-state index in [-0.39, 0.29) is 11.9 Å². The molecule has 1 amide bonds. The second kappa shape index (κ2) is 9.76. The van der Waals surface area contributed by atoms with Crippen LogP contribution in [-0.2, 0) is 13.2 Å². The molecule has 0 saturated heterocycles. The quantitative estimate of drug-likeness (QED) is 0.486. The molecule has 6 heteroatoms. The number of aryl methyl sites for hydroxylation is 2. The molecule has 0 N–H and O–H groups in total. The molecule has 2 aromatic carbocycles. The van der Waals surface area contributed by atoms with Gasteiger partial charge in [0.1, 0.15) is 23.1 Å². The van der Waals surface area contributed by atoms with Gasteiger partial charge in [-0.1, -0.05) is 12.1 Å². The van der Waals surface area contributed by atoms with E-state index in [9.17, 15) is 4.79 Å². The molecular formula is C24H28N2O3S. The van der Waals surface area contributed by atoms with E-state index in [1.54, 1.807) is 24.5 Å². The number of aromatic nitrogens is 1. The Bertz CT molecular complexity index is 993. The number of amides is 1. The third-order valence-corrected chi connectivity index (χ3v) is 5.56. The van der Waals surface area contributed by atoms with Crippen LogP contribution in [0.15, 0.2) is 47.8 Å². The zero-order valence-corrected chi connectivity index (χ0v) is 19.0. The Morgan fingerprint density at radius 3 is 2.50 bits per heavy atom. The number of carbonyl (C=O) groups is 1. The van der Waals surface area contributed by atoms with Gasteiger partial charge in [0, 0.05) is 17.0 Å². The fraction of sp³-hybridized carbons (Fsp3) is 0.333. The Morgan fingerprint density at radius 1 is 1.10 bits per heavy atom. The maximum absolute atomic E-state index is 13.1. The number of methoxy groups -OCH3 is 1. The van der Waals surface area contributed by atoms with Crippen LogP contribution >= 0.6 is 11.3 Å². The topological polar surface area (TPSA) is 51.7 Å². The molecule has 5 nitrogen and oxygen atoms in total. The highest BCUT2D eigenvalue weighted by Gasteiger charge is 2.21. The highest BCUT2D eigenvalue weighted by atomic mass is 32.1. The summed E-state index contributed by atoms with van der Waals surface area (Å²) in [6.45, 7) is 9.00. The summed E-state index contributed by atoms with van der Waals surface area (Å²) in [6.07, 6.45) is 0. The zero-order chi connectivity index (χ0) is 21.7. The van der Waals surface area contributed by atoms with Gasteiger partial charge in [-0.05, 0) is 69.2 Å². The fourth-order valence-corrected chi connectivity index (χ4v) is 3.93. The third-order valence-electron chi connectivity index (χ3n) is 4.69. The van der Waals surface area contributed by atoms with Crippen LogP contribution in [0.4, 0.5) is 0 Å².